The van der Waals surface area contributed by atoms with Crippen molar-refractivity contribution in [2.75, 3.05) is 5.75 Å². The number of hydrogen-bond donors (Lipinski definition) is 0. The molecule has 22 heavy (non-hydrogen) atoms. The highest BCUT2D eigenvalue weighted by Gasteiger charge is 2.15. The molecule has 3 rings (SSSR count). The van der Waals surface area contributed by atoms with Gasteiger partial charge in [-0.1, -0.05) is 53.7 Å². The molecule has 0 aliphatic carbocycles. The van der Waals surface area contributed by atoms with E-state index >= 15 is 0 Å². The predicted molar refractivity (Wildman–Crippen MR) is 84.1 cm³/mol. The van der Waals surface area contributed by atoms with Crippen LogP contribution in [0.15, 0.2) is 76.1 Å². The van der Waals surface area contributed by atoms with E-state index in [0.717, 1.165) is 5.56 Å². The second-order valence-electron chi connectivity index (χ2n) is 4.93. The molecule has 4 nitrogen and oxygen atoms in total. The summed E-state index contributed by atoms with van der Waals surface area (Å²) < 4.78 is 29.7. The Morgan fingerprint density at radius 2 is 1.55 bits per heavy atom. The maximum absolute atomic E-state index is 12.2. The minimum atomic E-state index is -3.30. The first-order valence-electron chi connectivity index (χ1n) is 6.94. The van der Waals surface area contributed by atoms with Crippen LogP contribution < -0.4 is 0 Å². The van der Waals surface area contributed by atoms with Crippen LogP contribution in [0, 0.1) is 0 Å². The molecule has 0 spiro atoms. The Kier molecular flexibility index (Phi) is 4.06. The molecule has 5 heteroatoms. The van der Waals surface area contributed by atoms with Gasteiger partial charge in [0.1, 0.15) is 0 Å². The fourth-order valence-electron chi connectivity index (χ4n) is 2.15. The zero-order valence-corrected chi connectivity index (χ0v) is 12.7. The van der Waals surface area contributed by atoms with Gasteiger partial charge in [-0.2, -0.15) is 0 Å². The number of nitrogens with zero attached hydrogens (tertiary/aromatic N) is 1. The van der Waals surface area contributed by atoms with Crippen LogP contribution in [0.3, 0.4) is 0 Å². The lowest BCUT2D eigenvalue weighted by atomic mass is 10.1. The molecule has 0 aliphatic heterocycles. The van der Waals surface area contributed by atoms with Gasteiger partial charge >= 0.3 is 0 Å². The number of benzene rings is 2. The van der Waals surface area contributed by atoms with Gasteiger partial charge in [0.15, 0.2) is 15.6 Å². The quantitative estimate of drug-likeness (QED) is 0.724. The van der Waals surface area contributed by atoms with E-state index in [0.29, 0.717) is 22.8 Å². The van der Waals surface area contributed by atoms with Crippen LogP contribution in [0.1, 0.15) is 5.69 Å². The monoisotopic (exact) mass is 313 g/mol. The first-order valence-corrected chi connectivity index (χ1v) is 8.59. The number of rotatable bonds is 5. The Balaban J connectivity index is 1.72. The molecule has 0 saturated heterocycles. The fourth-order valence-corrected chi connectivity index (χ4v) is 3.44. The second kappa shape index (κ2) is 6.15. The van der Waals surface area contributed by atoms with E-state index in [1.54, 1.807) is 36.4 Å². The van der Waals surface area contributed by atoms with Gasteiger partial charge in [0.05, 0.1) is 16.3 Å². The molecule has 0 bridgehead atoms. The predicted octanol–water partition coefficient (Wildman–Crippen LogP) is 3.36. The molecular formula is C17H15NO3S. The molecule has 0 N–H and O–H groups in total. The molecule has 1 heterocycles. The SMILES string of the molecule is O=S(=O)(CCc1cc(-c2ccccc2)on1)c1ccccc1. The summed E-state index contributed by atoms with van der Waals surface area (Å²) in [5, 5.41) is 3.95. The topological polar surface area (TPSA) is 60.2 Å². The molecule has 3 aromatic rings. The Morgan fingerprint density at radius 1 is 0.909 bits per heavy atom. The maximum Gasteiger partial charge on any atom is 0.178 e. The van der Waals surface area contributed by atoms with Gasteiger partial charge in [0.25, 0.3) is 0 Å². The summed E-state index contributed by atoms with van der Waals surface area (Å²) in [5.41, 5.74) is 1.56. The highest BCUT2D eigenvalue weighted by molar-refractivity contribution is 7.91. The Bertz CT molecular complexity index is 840. The average Bonchev–Trinajstić information content (AvgIpc) is 3.04. The van der Waals surface area contributed by atoms with Crippen molar-refractivity contribution >= 4 is 9.84 Å². The summed E-state index contributed by atoms with van der Waals surface area (Å²) in [6.07, 6.45) is 0.327. The van der Waals surface area contributed by atoms with Crippen molar-refractivity contribution in [2.45, 2.75) is 11.3 Å². The van der Waals surface area contributed by atoms with E-state index in [1.165, 1.54) is 0 Å². The lowest BCUT2D eigenvalue weighted by molar-refractivity contribution is 0.424. The third-order valence-electron chi connectivity index (χ3n) is 3.35. The molecule has 112 valence electrons. The maximum atomic E-state index is 12.2. The van der Waals surface area contributed by atoms with E-state index in [4.69, 9.17) is 4.52 Å². The van der Waals surface area contributed by atoms with E-state index in [2.05, 4.69) is 5.16 Å². The normalized spacial score (nSPS) is 11.5. The third-order valence-corrected chi connectivity index (χ3v) is 5.08. The summed E-state index contributed by atoms with van der Waals surface area (Å²) in [5.74, 6) is 0.658. The summed E-state index contributed by atoms with van der Waals surface area (Å²) in [7, 11) is -3.30. The summed E-state index contributed by atoms with van der Waals surface area (Å²) in [6, 6.07) is 19.8. The minimum Gasteiger partial charge on any atom is -0.356 e. The third kappa shape index (κ3) is 3.26. The van der Waals surface area contributed by atoms with Crippen LogP contribution in [0.25, 0.3) is 11.3 Å². The molecule has 0 fully saturated rings. The first-order chi connectivity index (χ1) is 10.6. The molecule has 0 atom stereocenters. The smallest absolute Gasteiger partial charge is 0.178 e. The Morgan fingerprint density at radius 3 is 2.23 bits per heavy atom. The van der Waals surface area contributed by atoms with Gasteiger partial charge in [-0.05, 0) is 12.1 Å². The van der Waals surface area contributed by atoms with Crippen LogP contribution in [-0.2, 0) is 16.3 Å². The van der Waals surface area contributed by atoms with Gasteiger partial charge in [0, 0.05) is 18.1 Å². The molecular weight excluding hydrogens is 298 g/mol. The van der Waals surface area contributed by atoms with E-state index < -0.39 is 9.84 Å². The highest BCUT2D eigenvalue weighted by Crippen LogP contribution is 2.20. The molecule has 1 aromatic heterocycles. The van der Waals surface area contributed by atoms with Crippen molar-refractivity contribution in [1.82, 2.24) is 5.16 Å². The fraction of sp³-hybridized carbons (Fsp3) is 0.118. The number of sulfone groups is 1. The van der Waals surface area contributed by atoms with Crippen molar-refractivity contribution in [1.29, 1.82) is 0 Å². The summed E-state index contributed by atoms with van der Waals surface area (Å²) in [4.78, 5) is 0.335. The highest BCUT2D eigenvalue weighted by atomic mass is 32.2. The van der Waals surface area contributed by atoms with E-state index in [1.807, 2.05) is 30.3 Å². The zero-order chi connectivity index (χ0) is 15.4. The largest absolute Gasteiger partial charge is 0.356 e. The zero-order valence-electron chi connectivity index (χ0n) is 11.8. The van der Waals surface area contributed by atoms with Crippen LogP contribution >= 0.6 is 0 Å². The van der Waals surface area contributed by atoms with Crippen molar-refractivity contribution in [3.05, 3.63) is 72.4 Å². The molecule has 0 amide bonds. The summed E-state index contributed by atoms with van der Waals surface area (Å²) >= 11 is 0. The molecule has 2 aromatic carbocycles. The number of aromatic nitrogens is 1. The lowest BCUT2D eigenvalue weighted by Gasteiger charge is -2.02. The number of hydrogen-bond acceptors (Lipinski definition) is 4. The van der Waals surface area contributed by atoms with E-state index in [-0.39, 0.29) is 5.75 Å². The van der Waals surface area contributed by atoms with Gasteiger partial charge in [-0.15, -0.1) is 0 Å². The number of aryl methyl sites for hydroxylation is 1. The van der Waals surface area contributed by atoms with Crippen LogP contribution in [0.5, 0.6) is 0 Å². The van der Waals surface area contributed by atoms with Crippen molar-refractivity contribution in [2.24, 2.45) is 0 Å². The van der Waals surface area contributed by atoms with Crippen LogP contribution in [-0.4, -0.2) is 19.3 Å². The van der Waals surface area contributed by atoms with Gasteiger partial charge < -0.3 is 4.52 Å². The van der Waals surface area contributed by atoms with Crippen molar-refractivity contribution in [3.63, 3.8) is 0 Å². The van der Waals surface area contributed by atoms with Crippen LogP contribution in [0.2, 0.25) is 0 Å². The summed E-state index contributed by atoms with van der Waals surface area (Å²) in [6.45, 7) is 0. The second-order valence-corrected chi connectivity index (χ2v) is 7.04. The van der Waals surface area contributed by atoms with Gasteiger partial charge in [-0.25, -0.2) is 8.42 Å². The molecule has 0 saturated carbocycles. The van der Waals surface area contributed by atoms with Gasteiger partial charge in [-0.3, -0.25) is 0 Å². The average molecular weight is 313 g/mol. The first kappa shape index (κ1) is 14.5. The molecule has 0 aliphatic rings. The van der Waals surface area contributed by atoms with Crippen LogP contribution in [0.4, 0.5) is 0 Å². The Hall–Kier alpha value is -2.40. The van der Waals surface area contributed by atoms with E-state index in [9.17, 15) is 8.42 Å². The Labute approximate surface area is 129 Å². The molecule has 0 unspecified atom stereocenters. The van der Waals surface area contributed by atoms with Gasteiger partial charge in [0.2, 0.25) is 0 Å². The standard InChI is InChI=1S/C17H15NO3S/c19-22(20,16-9-5-2-6-10-16)12-11-15-13-17(21-18-15)14-7-3-1-4-8-14/h1-10,13H,11-12H2. The van der Waals surface area contributed by atoms with Crippen molar-refractivity contribution in [3.8, 4) is 11.3 Å². The van der Waals surface area contributed by atoms with Crippen molar-refractivity contribution < 1.29 is 12.9 Å². The minimum absolute atomic E-state index is 0.0117. The lowest BCUT2D eigenvalue weighted by Crippen LogP contribution is -2.09. The molecule has 0 radical (unpaired) electrons.